The van der Waals surface area contributed by atoms with Gasteiger partial charge in [0.2, 0.25) is 12.7 Å². The second-order valence-corrected chi connectivity index (χ2v) is 11.6. The van der Waals surface area contributed by atoms with Crippen LogP contribution >= 0.6 is 0 Å². The minimum Gasteiger partial charge on any atom is -0.454 e. The monoisotopic (exact) mass is 520 g/mol. The average molecular weight is 521 g/mol. The Morgan fingerprint density at radius 3 is 2.54 bits per heavy atom. The fourth-order valence-electron chi connectivity index (χ4n) is 6.79. The van der Waals surface area contributed by atoms with Gasteiger partial charge in [-0.3, -0.25) is 14.4 Å². The van der Waals surface area contributed by atoms with Crippen LogP contribution in [0.25, 0.3) is 6.08 Å². The third-order valence-corrected chi connectivity index (χ3v) is 8.49. The summed E-state index contributed by atoms with van der Waals surface area (Å²) in [6, 6.07) is 19.0. The predicted molar refractivity (Wildman–Crippen MR) is 147 cm³/mol. The van der Waals surface area contributed by atoms with Gasteiger partial charge in [0, 0.05) is 22.4 Å². The van der Waals surface area contributed by atoms with Crippen molar-refractivity contribution in [3.05, 3.63) is 89.5 Å². The number of nitrogens with zero attached hydrogens (tertiary/aromatic N) is 1. The second kappa shape index (κ2) is 8.06. The SMILES string of the molecule is CC(C)(C)C(=O)[C@H]1[C@H](C(=O)c2ccc3c(c2)OCO3)[C@]2(C(=O)Nc3ccccc32)[C@H]2C=Cc3ccccc3N12. The maximum Gasteiger partial charge on any atom is 0.238 e. The van der Waals surface area contributed by atoms with E-state index < -0.39 is 28.8 Å². The van der Waals surface area contributed by atoms with Gasteiger partial charge in [-0.1, -0.05) is 69.3 Å². The number of carbonyl (C=O) groups is 3. The number of fused-ring (bicyclic) bond motifs is 7. The molecule has 0 bridgehead atoms. The Balaban J connectivity index is 1.52. The van der Waals surface area contributed by atoms with Gasteiger partial charge in [-0.05, 0) is 41.5 Å². The Morgan fingerprint density at radius 2 is 1.72 bits per heavy atom. The lowest BCUT2D eigenvalue weighted by molar-refractivity contribution is -0.128. The molecule has 4 aliphatic rings. The van der Waals surface area contributed by atoms with E-state index in [0.717, 1.165) is 16.8 Å². The molecule has 39 heavy (non-hydrogen) atoms. The lowest BCUT2D eigenvalue weighted by atomic mass is 9.63. The summed E-state index contributed by atoms with van der Waals surface area (Å²) in [5.74, 6) is -0.590. The number of para-hydroxylation sites is 2. The van der Waals surface area contributed by atoms with Gasteiger partial charge in [0.1, 0.15) is 11.5 Å². The van der Waals surface area contributed by atoms with Crippen LogP contribution in [0.1, 0.15) is 42.3 Å². The number of benzene rings is 3. The average Bonchev–Trinajstić information content (AvgIpc) is 3.60. The van der Waals surface area contributed by atoms with Gasteiger partial charge in [-0.2, -0.15) is 0 Å². The first-order valence-electron chi connectivity index (χ1n) is 13.2. The zero-order valence-corrected chi connectivity index (χ0v) is 21.9. The number of hydrogen-bond donors (Lipinski definition) is 1. The molecule has 196 valence electrons. The van der Waals surface area contributed by atoms with E-state index >= 15 is 0 Å². The van der Waals surface area contributed by atoms with E-state index in [1.165, 1.54) is 0 Å². The minimum atomic E-state index is -1.32. The summed E-state index contributed by atoms with van der Waals surface area (Å²) in [7, 11) is 0. The van der Waals surface area contributed by atoms with Crippen molar-refractivity contribution in [2.24, 2.45) is 11.3 Å². The maximum atomic E-state index is 14.8. The molecule has 3 aromatic rings. The maximum absolute atomic E-state index is 14.8. The van der Waals surface area contributed by atoms with Gasteiger partial charge in [0.05, 0.1) is 12.0 Å². The lowest BCUT2D eigenvalue weighted by Gasteiger charge is -2.38. The first-order valence-corrected chi connectivity index (χ1v) is 13.2. The number of rotatable bonds is 3. The molecular weight excluding hydrogens is 492 g/mol. The van der Waals surface area contributed by atoms with E-state index in [4.69, 9.17) is 9.47 Å². The molecule has 0 aromatic heterocycles. The predicted octanol–water partition coefficient (Wildman–Crippen LogP) is 5.00. The molecule has 4 heterocycles. The normalized spacial score (nSPS) is 25.8. The number of nitrogens with one attached hydrogen (secondary N) is 1. The Bertz CT molecular complexity index is 1600. The van der Waals surface area contributed by atoms with Crippen molar-refractivity contribution in [3.8, 4) is 11.5 Å². The van der Waals surface area contributed by atoms with E-state index in [1.807, 2.05) is 86.4 Å². The summed E-state index contributed by atoms with van der Waals surface area (Å²) in [5.41, 5.74) is 1.48. The molecule has 1 saturated heterocycles. The number of Topliss-reactive ketones (excluding diaryl/α,β-unsaturated/α-hetero) is 2. The number of ether oxygens (including phenoxy) is 2. The van der Waals surface area contributed by atoms with Crippen LogP contribution in [0.2, 0.25) is 0 Å². The molecule has 7 rings (SSSR count). The van der Waals surface area contributed by atoms with Crippen molar-refractivity contribution in [2.75, 3.05) is 17.0 Å². The molecule has 0 saturated carbocycles. The third-order valence-electron chi connectivity index (χ3n) is 8.49. The Hall–Kier alpha value is -4.39. The molecule has 0 radical (unpaired) electrons. The highest BCUT2D eigenvalue weighted by molar-refractivity contribution is 6.17. The van der Waals surface area contributed by atoms with Crippen LogP contribution in [0.4, 0.5) is 11.4 Å². The highest BCUT2D eigenvalue weighted by Crippen LogP contribution is 2.58. The molecule has 3 aromatic carbocycles. The van der Waals surface area contributed by atoms with Gasteiger partial charge >= 0.3 is 0 Å². The standard InChI is InChI=1S/C32H28N2O5/c1-31(2,3)29(36)27-26(28(35)19-12-14-23-24(16-19)39-17-38-23)32(20-9-5-6-10-21(20)33-30(32)37)25-15-13-18-8-4-7-11-22(18)34(25)27/h4-16,25-27H,17H2,1-3H3,(H,33,37)/t25-,26-,27-,32-/m1/s1. The van der Waals surface area contributed by atoms with Crippen molar-refractivity contribution >= 4 is 34.9 Å². The van der Waals surface area contributed by atoms with Gasteiger partial charge in [-0.15, -0.1) is 0 Å². The fraction of sp³-hybridized carbons (Fsp3) is 0.281. The van der Waals surface area contributed by atoms with E-state index in [1.54, 1.807) is 18.2 Å². The number of ketones is 2. The van der Waals surface area contributed by atoms with Gasteiger partial charge in [-0.25, -0.2) is 0 Å². The van der Waals surface area contributed by atoms with E-state index in [2.05, 4.69) is 5.32 Å². The summed E-state index contributed by atoms with van der Waals surface area (Å²) >= 11 is 0. The second-order valence-electron chi connectivity index (χ2n) is 11.6. The zero-order valence-electron chi connectivity index (χ0n) is 21.9. The van der Waals surface area contributed by atoms with Crippen molar-refractivity contribution in [3.63, 3.8) is 0 Å². The van der Waals surface area contributed by atoms with E-state index in [0.29, 0.717) is 22.7 Å². The third kappa shape index (κ3) is 3.13. The van der Waals surface area contributed by atoms with Crippen LogP contribution in [0.5, 0.6) is 11.5 Å². The highest BCUT2D eigenvalue weighted by atomic mass is 16.7. The Labute approximate surface area is 226 Å². The van der Waals surface area contributed by atoms with Crippen LogP contribution < -0.4 is 19.7 Å². The van der Waals surface area contributed by atoms with Crippen molar-refractivity contribution in [1.82, 2.24) is 0 Å². The summed E-state index contributed by atoms with van der Waals surface area (Å²) in [5, 5.41) is 3.06. The molecule has 7 nitrogen and oxygen atoms in total. The topological polar surface area (TPSA) is 84.9 Å². The van der Waals surface area contributed by atoms with Gasteiger partial charge in [0.25, 0.3) is 0 Å². The quantitative estimate of drug-likeness (QED) is 0.489. The van der Waals surface area contributed by atoms with E-state index in [9.17, 15) is 14.4 Å². The number of hydrogen-bond acceptors (Lipinski definition) is 6. The van der Waals surface area contributed by atoms with E-state index in [-0.39, 0.29) is 24.3 Å². The summed E-state index contributed by atoms with van der Waals surface area (Å²) in [6.07, 6.45) is 3.98. The Kier molecular flexibility index (Phi) is 4.90. The summed E-state index contributed by atoms with van der Waals surface area (Å²) < 4.78 is 11.0. The van der Waals surface area contributed by atoms with Crippen molar-refractivity contribution < 1.29 is 23.9 Å². The first kappa shape index (κ1) is 23.7. The molecule has 4 atom stereocenters. The largest absolute Gasteiger partial charge is 0.454 e. The number of carbonyl (C=O) groups excluding carboxylic acids is 3. The van der Waals surface area contributed by atoms with Crippen LogP contribution in [0.15, 0.2) is 72.8 Å². The zero-order chi connectivity index (χ0) is 27.1. The molecule has 1 amide bonds. The smallest absolute Gasteiger partial charge is 0.238 e. The molecular formula is C32H28N2O5. The highest BCUT2D eigenvalue weighted by Gasteiger charge is 2.70. The number of amides is 1. The van der Waals surface area contributed by atoms with Crippen LogP contribution in [-0.4, -0.2) is 36.4 Å². The first-order chi connectivity index (χ1) is 18.7. The molecule has 0 aliphatic carbocycles. The molecule has 4 aliphatic heterocycles. The van der Waals surface area contributed by atoms with Crippen LogP contribution in [0, 0.1) is 11.3 Å². The number of anilines is 2. The molecule has 1 spiro atoms. The van der Waals surface area contributed by atoms with Crippen LogP contribution in [0.3, 0.4) is 0 Å². The summed E-state index contributed by atoms with van der Waals surface area (Å²) in [6.45, 7) is 5.68. The molecule has 1 N–H and O–H groups in total. The van der Waals surface area contributed by atoms with Crippen molar-refractivity contribution in [1.29, 1.82) is 0 Å². The summed E-state index contributed by atoms with van der Waals surface area (Å²) in [4.78, 5) is 45.5. The minimum absolute atomic E-state index is 0.0820. The van der Waals surface area contributed by atoms with Gasteiger partial charge in [0.15, 0.2) is 23.1 Å². The molecule has 1 fully saturated rings. The molecule has 7 heteroatoms. The van der Waals surface area contributed by atoms with Gasteiger partial charge < -0.3 is 19.7 Å². The Morgan fingerprint density at radius 1 is 0.974 bits per heavy atom. The van der Waals surface area contributed by atoms with Crippen LogP contribution in [-0.2, 0) is 15.0 Å². The molecule has 0 unspecified atom stereocenters. The van der Waals surface area contributed by atoms with Crippen molar-refractivity contribution in [2.45, 2.75) is 38.3 Å². The lowest BCUT2D eigenvalue weighted by Crippen LogP contribution is -2.51. The fourth-order valence-corrected chi connectivity index (χ4v) is 6.79.